The van der Waals surface area contributed by atoms with E-state index < -0.39 is 0 Å². The van der Waals surface area contributed by atoms with Crippen molar-refractivity contribution >= 4 is 5.71 Å². The number of hydrogen-bond donors (Lipinski definition) is 2. The molecule has 3 atom stereocenters. The van der Waals surface area contributed by atoms with Gasteiger partial charge in [-0.15, -0.1) is 0 Å². The Morgan fingerprint density at radius 3 is 2.77 bits per heavy atom. The number of fused-ring (bicyclic) bond motifs is 1. The quantitative estimate of drug-likeness (QED) is 0.786. The van der Waals surface area contributed by atoms with Gasteiger partial charge in [-0.3, -0.25) is 4.99 Å². The normalized spacial score (nSPS) is 35.1. The van der Waals surface area contributed by atoms with Crippen LogP contribution in [0.4, 0.5) is 4.39 Å². The van der Waals surface area contributed by atoms with Crippen molar-refractivity contribution in [1.29, 1.82) is 0 Å². The van der Waals surface area contributed by atoms with Gasteiger partial charge in [0.05, 0.1) is 6.54 Å². The number of piperidine rings is 1. The van der Waals surface area contributed by atoms with Gasteiger partial charge in [-0.25, -0.2) is 4.39 Å². The Hall–Kier alpha value is -1.26. The number of aliphatic imine (C=N–C) groups is 1. The third-order valence-corrected chi connectivity index (χ3v) is 5.34. The van der Waals surface area contributed by atoms with E-state index in [4.69, 9.17) is 0 Å². The summed E-state index contributed by atoms with van der Waals surface area (Å²) in [7, 11) is 0. The molecule has 0 bridgehead atoms. The van der Waals surface area contributed by atoms with Crippen molar-refractivity contribution in [3.05, 3.63) is 35.7 Å². The molecule has 3 unspecified atom stereocenters. The second-order valence-corrected chi connectivity index (χ2v) is 6.86. The highest BCUT2D eigenvalue weighted by Gasteiger charge is 2.36. The molecule has 2 aliphatic carbocycles. The van der Waals surface area contributed by atoms with Crippen molar-refractivity contribution in [2.45, 2.75) is 37.8 Å². The van der Waals surface area contributed by atoms with Crippen molar-refractivity contribution in [2.75, 3.05) is 19.6 Å². The molecule has 4 heteroatoms. The molecule has 0 aromatic heterocycles. The highest BCUT2D eigenvalue weighted by atomic mass is 19.1. The second kappa shape index (κ2) is 6.09. The number of halogens is 1. The van der Waals surface area contributed by atoms with Crippen LogP contribution in [0.5, 0.6) is 0 Å². The average Bonchev–Trinajstić information content (AvgIpc) is 2.50. The topological polar surface area (TPSA) is 36.4 Å². The van der Waals surface area contributed by atoms with E-state index in [0.29, 0.717) is 18.0 Å². The highest BCUT2D eigenvalue weighted by Crippen LogP contribution is 2.35. The van der Waals surface area contributed by atoms with Crippen LogP contribution in [0.1, 0.15) is 25.7 Å². The van der Waals surface area contributed by atoms with Crippen LogP contribution >= 0.6 is 0 Å². The summed E-state index contributed by atoms with van der Waals surface area (Å²) in [6.45, 7) is 3.12. The van der Waals surface area contributed by atoms with Gasteiger partial charge in [0.1, 0.15) is 5.83 Å². The Balaban J connectivity index is 1.47. The zero-order valence-corrected chi connectivity index (χ0v) is 12.9. The third-order valence-electron chi connectivity index (χ3n) is 5.34. The summed E-state index contributed by atoms with van der Waals surface area (Å²) < 4.78 is 13.5. The number of rotatable bonds is 3. The maximum Gasteiger partial charge on any atom is 0.119 e. The monoisotopic (exact) mass is 301 g/mol. The van der Waals surface area contributed by atoms with Gasteiger partial charge in [-0.2, -0.15) is 0 Å². The van der Waals surface area contributed by atoms with Crippen molar-refractivity contribution in [3.63, 3.8) is 0 Å². The molecule has 0 saturated carbocycles. The summed E-state index contributed by atoms with van der Waals surface area (Å²) >= 11 is 0. The summed E-state index contributed by atoms with van der Waals surface area (Å²) in [5.74, 6) is 0.642. The molecular weight excluding hydrogens is 277 g/mol. The molecule has 4 aliphatic rings. The third kappa shape index (κ3) is 2.82. The van der Waals surface area contributed by atoms with Crippen LogP contribution in [0, 0.1) is 11.8 Å². The van der Waals surface area contributed by atoms with Crippen LogP contribution in [0.15, 0.2) is 40.7 Å². The van der Waals surface area contributed by atoms with E-state index in [1.165, 1.54) is 24.1 Å². The van der Waals surface area contributed by atoms with E-state index >= 15 is 0 Å². The Morgan fingerprint density at radius 2 is 2.05 bits per heavy atom. The molecule has 2 N–H and O–H groups in total. The Bertz CT molecular complexity index is 555. The Labute approximate surface area is 131 Å². The smallest absolute Gasteiger partial charge is 0.119 e. The zero-order valence-electron chi connectivity index (χ0n) is 12.9. The van der Waals surface area contributed by atoms with E-state index in [1.54, 1.807) is 12.2 Å². The molecule has 0 spiro atoms. The predicted octanol–water partition coefficient (Wildman–Crippen LogP) is 2.53. The van der Waals surface area contributed by atoms with Crippen molar-refractivity contribution < 1.29 is 4.39 Å². The van der Waals surface area contributed by atoms with Crippen LogP contribution in [0.2, 0.25) is 0 Å². The van der Waals surface area contributed by atoms with Crippen LogP contribution < -0.4 is 10.6 Å². The second-order valence-electron chi connectivity index (χ2n) is 6.86. The van der Waals surface area contributed by atoms with Gasteiger partial charge >= 0.3 is 0 Å². The van der Waals surface area contributed by atoms with Crippen LogP contribution in [0.3, 0.4) is 0 Å². The number of allylic oxidation sites excluding steroid dienone is 4. The molecule has 3 nitrogen and oxygen atoms in total. The lowest BCUT2D eigenvalue weighted by molar-refractivity contribution is 0.362. The molecule has 118 valence electrons. The largest absolute Gasteiger partial charge is 0.317 e. The number of nitrogens with one attached hydrogen (secondary N) is 2. The lowest BCUT2D eigenvalue weighted by Crippen LogP contribution is -2.53. The van der Waals surface area contributed by atoms with E-state index in [1.807, 2.05) is 6.08 Å². The van der Waals surface area contributed by atoms with Crippen LogP contribution in [-0.2, 0) is 0 Å². The molecule has 2 aliphatic heterocycles. The SMILES string of the molecule is FC1=CC(C2=CC3CN=C3C(NC3CCNCC3)C2)CC=C1. The highest BCUT2D eigenvalue weighted by molar-refractivity contribution is 5.98. The molecule has 0 amide bonds. The first-order valence-corrected chi connectivity index (χ1v) is 8.55. The maximum absolute atomic E-state index is 13.5. The Kier molecular flexibility index (Phi) is 3.97. The standard InChI is InChI=1S/C18H24FN3/c19-15-3-1-2-12(9-15)13-8-14-11-21-18(14)17(10-13)22-16-4-6-20-7-5-16/h1,3,8-9,12,14,16-17,20,22H,2,4-7,10-11H2. The minimum atomic E-state index is -0.0897. The lowest BCUT2D eigenvalue weighted by Gasteiger charge is -2.40. The lowest BCUT2D eigenvalue weighted by atomic mass is 9.75. The fourth-order valence-electron chi connectivity index (χ4n) is 4.07. The minimum absolute atomic E-state index is 0.0897. The molecule has 2 heterocycles. The summed E-state index contributed by atoms with van der Waals surface area (Å²) in [5, 5.41) is 7.24. The van der Waals surface area contributed by atoms with E-state index in [-0.39, 0.29) is 11.7 Å². The molecule has 22 heavy (non-hydrogen) atoms. The van der Waals surface area contributed by atoms with E-state index in [9.17, 15) is 4.39 Å². The first-order chi connectivity index (χ1) is 10.8. The Morgan fingerprint density at radius 1 is 1.18 bits per heavy atom. The van der Waals surface area contributed by atoms with Gasteiger partial charge in [-0.05, 0) is 50.9 Å². The van der Waals surface area contributed by atoms with Gasteiger partial charge in [-0.1, -0.05) is 17.7 Å². The fraction of sp³-hybridized carbons (Fsp3) is 0.611. The zero-order chi connectivity index (χ0) is 14.9. The van der Waals surface area contributed by atoms with Crippen molar-refractivity contribution in [2.24, 2.45) is 16.8 Å². The summed E-state index contributed by atoms with van der Waals surface area (Å²) in [4.78, 5) is 4.62. The van der Waals surface area contributed by atoms with Crippen LogP contribution in [-0.4, -0.2) is 37.4 Å². The average molecular weight is 301 g/mol. The predicted molar refractivity (Wildman–Crippen MR) is 87.7 cm³/mol. The molecular formula is C18H24FN3. The molecule has 1 saturated heterocycles. The van der Waals surface area contributed by atoms with Crippen molar-refractivity contribution in [1.82, 2.24) is 10.6 Å². The molecule has 0 radical (unpaired) electrons. The minimum Gasteiger partial charge on any atom is -0.317 e. The van der Waals surface area contributed by atoms with E-state index in [0.717, 1.165) is 32.5 Å². The first kappa shape index (κ1) is 14.3. The summed E-state index contributed by atoms with van der Waals surface area (Å²) in [5.41, 5.74) is 2.73. The van der Waals surface area contributed by atoms with Gasteiger partial charge in [0, 0.05) is 29.6 Å². The molecule has 4 rings (SSSR count). The number of hydrogen-bond acceptors (Lipinski definition) is 3. The van der Waals surface area contributed by atoms with E-state index in [2.05, 4.69) is 21.7 Å². The number of nitrogens with zero attached hydrogens (tertiary/aromatic N) is 1. The van der Waals surface area contributed by atoms with Gasteiger partial charge < -0.3 is 10.6 Å². The van der Waals surface area contributed by atoms with Gasteiger partial charge in [0.2, 0.25) is 0 Å². The van der Waals surface area contributed by atoms with Crippen molar-refractivity contribution in [3.8, 4) is 0 Å². The maximum atomic E-state index is 13.5. The molecule has 1 fully saturated rings. The summed E-state index contributed by atoms with van der Waals surface area (Å²) in [6, 6.07) is 0.956. The first-order valence-electron chi connectivity index (χ1n) is 8.55. The van der Waals surface area contributed by atoms with Gasteiger partial charge in [0.15, 0.2) is 0 Å². The van der Waals surface area contributed by atoms with Crippen LogP contribution in [0.25, 0.3) is 0 Å². The van der Waals surface area contributed by atoms with Gasteiger partial charge in [0.25, 0.3) is 0 Å². The molecule has 0 aromatic carbocycles. The fourth-order valence-corrected chi connectivity index (χ4v) is 4.07. The summed E-state index contributed by atoms with van der Waals surface area (Å²) in [6.07, 6.45) is 12.0. The molecule has 0 aromatic rings.